The van der Waals surface area contributed by atoms with E-state index in [0.29, 0.717) is 6.42 Å². The van der Waals surface area contributed by atoms with E-state index < -0.39 is 46.1 Å². The Morgan fingerprint density at radius 1 is 0.939 bits per heavy atom. The molecule has 0 aliphatic heterocycles. The van der Waals surface area contributed by atoms with Crippen molar-refractivity contribution >= 4 is 45.8 Å². The minimum Gasteiger partial charge on any atom is -0.457 e. The monoisotopic (exact) mass is 733 g/mol. The summed E-state index contributed by atoms with van der Waals surface area (Å²) in [6, 6.07) is 0. The van der Waals surface area contributed by atoms with Gasteiger partial charge in [0.05, 0.1) is 29.3 Å². The molecule has 1 rings (SSSR count). The van der Waals surface area contributed by atoms with E-state index in [2.05, 4.69) is 92.8 Å². The van der Waals surface area contributed by atoms with Gasteiger partial charge in [0.25, 0.3) is 0 Å². The summed E-state index contributed by atoms with van der Waals surface area (Å²) in [5.74, 6) is -0.562. The van der Waals surface area contributed by atoms with Crippen LogP contribution in [0.3, 0.4) is 0 Å². The Kier molecular flexibility index (Phi) is 16.9. The third-order valence-corrected chi connectivity index (χ3v) is 20.7. The lowest BCUT2D eigenvalue weighted by atomic mass is 9.73. The van der Waals surface area contributed by atoms with E-state index in [9.17, 15) is 9.59 Å². The minimum absolute atomic E-state index is 0.00498. The first-order chi connectivity index (χ1) is 22.2. The van der Waals surface area contributed by atoms with E-state index in [-0.39, 0.29) is 34.3 Å². The average molecular weight is 734 g/mol. The summed E-state index contributed by atoms with van der Waals surface area (Å²) < 4.78 is 20.2. The lowest BCUT2D eigenvalue weighted by Crippen LogP contribution is -2.54. The van der Waals surface area contributed by atoms with Gasteiger partial charge in [0.15, 0.2) is 16.6 Å². The fourth-order valence-corrected chi connectivity index (χ4v) is 8.94. The molecule has 0 N–H and O–H groups in total. The van der Waals surface area contributed by atoms with Crippen LogP contribution in [0.25, 0.3) is 6.08 Å². The Hall–Kier alpha value is -1.66. The number of thiazole rings is 1. The quantitative estimate of drug-likeness (QED) is 0.0575. The van der Waals surface area contributed by atoms with Gasteiger partial charge in [-0.1, -0.05) is 81.4 Å². The molecule has 0 spiro atoms. The van der Waals surface area contributed by atoms with Gasteiger partial charge in [0, 0.05) is 23.1 Å². The number of Topliss-reactive ketones (excluding diaryl/α,β-unsaturated/α-hetero) is 1. The van der Waals surface area contributed by atoms with Gasteiger partial charge < -0.3 is 13.6 Å². The number of unbranched alkanes of at least 4 members (excludes halogenated alkanes) is 1. The van der Waals surface area contributed by atoms with Crippen LogP contribution >= 0.6 is 11.3 Å². The van der Waals surface area contributed by atoms with Crippen LogP contribution in [0.2, 0.25) is 36.3 Å². The number of rotatable bonds is 20. The molecule has 0 radical (unpaired) electrons. The van der Waals surface area contributed by atoms with Gasteiger partial charge in [-0.2, -0.15) is 0 Å². The van der Waals surface area contributed by atoms with Gasteiger partial charge in [-0.25, -0.2) is 4.98 Å². The number of esters is 1. The van der Waals surface area contributed by atoms with Crippen LogP contribution < -0.4 is 0 Å². The Morgan fingerprint density at radius 3 is 1.96 bits per heavy atom. The zero-order valence-corrected chi connectivity index (χ0v) is 36.9. The molecule has 1 aromatic rings. The second-order valence-corrected chi connectivity index (χ2v) is 28.2. The highest BCUT2D eigenvalue weighted by molar-refractivity contribution is 7.09. The molecule has 0 aromatic carbocycles. The molecule has 0 aliphatic carbocycles. The number of ketones is 1. The number of carbonyl (C=O) groups excluding carboxylic acids is 2. The SMILES string of the molecule is C=CCCC[C@H](C)[C@H](O[Si](C)(C)C(C)(C)C)[C@@H](C)C(=O)C(C)(C)[C@H](CC(=O)OC(CC=C)C(C)=Cc1csc(C)n1)O[Si](C)(C)C(C)(C)C. The zero-order valence-electron chi connectivity index (χ0n) is 34.0. The summed E-state index contributed by atoms with van der Waals surface area (Å²) >= 11 is 1.58. The highest BCUT2D eigenvalue weighted by Crippen LogP contribution is 2.44. The van der Waals surface area contributed by atoms with Gasteiger partial charge in [-0.3, -0.25) is 9.59 Å². The van der Waals surface area contributed by atoms with Crippen molar-refractivity contribution in [2.24, 2.45) is 17.3 Å². The predicted octanol–water partition coefficient (Wildman–Crippen LogP) is 11.7. The molecule has 0 bridgehead atoms. The normalized spacial score (nSPS) is 16.8. The summed E-state index contributed by atoms with van der Waals surface area (Å²) in [7, 11) is -4.63. The van der Waals surface area contributed by atoms with Crippen LogP contribution in [0.5, 0.6) is 0 Å². The van der Waals surface area contributed by atoms with Gasteiger partial charge >= 0.3 is 5.97 Å². The second-order valence-electron chi connectivity index (χ2n) is 17.7. The van der Waals surface area contributed by atoms with Gasteiger partial charge in [-0.15, -0.1) is 24.5 Å². The van der Waals surface area contributed by atoms with E-state index in [1.54, 1.807) is 17.4 Å². The molecule has 1 heterocycles. The molecule has 0 aliphatic rings. The topological polar surface area (TPSA) is 74.7 Å². The zero-order chi connectivity index (χ0) is 38.2. The van der Waals surface area contributed by atoms with Crippen LogP contribution in [-0.2, 0) is 23.2 Å². The summed E-state index contributed by atoms with van der Waals surface area (Å²) in [5, 5.41) is 2.84. The Labute approximate surface area is 306 Å². The number of hydrogen-bond donors (Lipinski definition) is 0. The molecule has 0 amide bonds. The summed E-state index contributed by atoms with van der Waals surface area (Å²) in [6.45, 7) is 41.9. The van der Waals surface area contributed by atoms with E-state index in [1.807, 2.05) is 52.2 Å². The van der Waals surface area contributed by atoms with Crippen LogP contribution in [0.1, 0.15) is 119 Å². The molecule has 1 unspecified atom stereocenters. The van der Waals surface area contributed by atoms with Gasteiger partial charge in [0.1, 0.15) is 11.9 Å². The number of carbonyl (C=O) groups is 2. The van der Waals surface area contributed by atoms with Crippen LogP contribution in [0.15, 0.2) is 36.3 Å². The maximum absolute atomic E-state index is 14.8. The smallest absolute Gasteiger partial charge is 0.309 e. The number of aryl methyl sites for hydroxylation is 1. The summed E-state index contributed by atoms with van der Waals surface area (Å²) in [6.07, 6.45) is 7.57. The van der Waals surface area contributed by atoms with E-state index in [1.165, 1.54) is 0 Å². The number of nitrogens with zero attached hydrogens (tertiary/aromatic N) is 1. The van der Waals surface area contributed by atoms with Crippen molar-refractivity contribution in [2.75, 3.05) is 0 Å². The molecule has 0 saturated heterocycles. The van der Waals surface area contributed by atoms with Gasteiger partial charge in [0.2, 0.25) is 0 Å². The van der Waals surface area contributed by atoms with Crippen molar-refractivity contribution in [3.8, 4) is 0 Å². The lowest BCUT2D eigenvalue weighted by molar-refractivity contribution is -0.153. The van der Waals surface area contributed by atoms with Crippen molar-refractivity contribution < 1.29 is 23.2 Å². The highest BCUT2D eigenvalue weighted by Gasteiger charge is 2.50. The molecule has 1 aromatic heterocycles. The summed E-state index contributed by atoms with van der Waals surface area (Å²) in [4.78, 5) is 33.3. The van der Waals surface area contributed by atoms with Crippen molar-refractivity contribution in [1.29, 1.82) is 0 Å². The van der Waals surface area contributed by atoms with Crippen LogP contribution in [0.4, 0.5) is 0 Å². The molecule has 6 nitrogen and oxygen atoms in total. The van der Waals surface area contributed by atoms with Crippen LogP contribution in [0, 0.1) is 24.2 Å². The molecular weight excluding hydrogens is 663 g/mol. The predicted molar refractivity (Wildman–Crippen MR) is 215 cm³/mol. The average Bonchev–Trinajstić information content (AvgIpc) is 3.37. The Balaban J connectivity index is 3.55. The standard InChI is InChI=1S/C40H71NO5SSi2/c1-19-21-22-24-28(3)36(46-49(17,18)39(10,11)12)30(5)37(43)40(13,14)34(45-48(15,16)38(7,8)9)26-35(42)44-33(23-20-2)29(4)25-32-27-47-31(6)41-32/h19-20,25,27-28,30,33-34,36H,1-2,21-24,26H2,3-18H3/t28-,30+,33?,34-,36-/m0/s1. The van der Waals surface area contributed by atoms with Crippen molar-refractivity contribution in [1.82, 2.24) is 4.98 Å². The van der Waals surface area contributed by atoms with Gasteiger partial charge in [-0.05, 0) is 86.9 Å². The molecule has 5 atom stereocenters. The fraction of sp³-hybridized carbons (Fsp3) is 0.725. The van der Waals surface area contributed by atoms with E-state index in [4.69, 9.17) is 13.6 Å². The number of allylic oxidation sites excluding steroid dienone is 1. The third kappa shape index (κ3) is 13.1. The molecular formula is C40H71NO5SSi2. The van der Waals surface area contributed by atoms with Crippen molar-refractivity contribution in [3.63, 3.8) is 0 Å². The Bertz CT molecular complexity index is 1280. The van der Waals surface area contributed by atoms with Crippen molar-refractivity contribution in [3.05, 3.63) is 47.0 Å². The molecule has 49 heavy (non-hydrogen) atoms. The molecule has 9 heteroatoms. The molecule has 0 saturated carbocycles. The lowest BCUT2D eigenvalue weighted by Gasteiger charge is -2.46. The number of hydrogen-bond acceptors (Lipinski definition) is 7. The first-order valence-corrected chi connectivity index (χ1v) is 24.8. The number of ether oxygens (including phenoxy) is 1. The maximum atomic E-state index is 14.8. The summed E-state index contributed by atoms with van der Waals surface area (Å²) in [5.41, 5.74) is 0.749. The molecule has 0 fully saturated rings. The van der Waals surface area contributed by atoms with Crippen LogP contribution in [-0.4, -0.2) is 51.7 Å². The van der Waals surface area contributed by atoms with E-state index >= 15 is 0 Å². The largest absolute Gasteiger partial charge is 0.457 e. The van der Waals surface area contributed by atoms with E-state index in [0.717, 1.165) is 35.5 Å². The maximum Gasteiger partial charge on any atom is 0.309 e. The van der Waals surface area contributed by atoms with Crippen molar-refractivity contribution in [2.45, 2.75) is 170 Å². The highest BCUT2D eigenvalue weighted by atomic mass is 32.1. The molecule has 280 valence electrons. The first-order valence-electron chi connectivity index (χ1n) is 18.1. The fourth-order valence-electron chi connectivity index (χ4n) is 5.46. The minimum atomic E-state index is -2.41. The second kappa shape index (κ2) is 18.2. The Morgan fingerprint density at radius 2 is 1.49 bits per heavy atom. The number of aromatic nitrogens is 1. The first kappa shape index (κ1) is 45.4. The third-order valence-electron chi connectivity index (χ3n) is 11.0.